The van der Waals surface area contributed by atoms with Gasteiger partial charge in [0.2, 0.25) is 11.5 Å². The van der Waals surface area contributed by atoms with Gasteiger partial charge in [-0.1, -0.05) is 23.2 Å². The molecule has 2 aromatic heterocycles. The second-order valence-corrected chi connectivity index (χ2v) is 5.32. The Balaban J connectivity index is 2.37. The number of carbonyl (C=O) groups excluding carboxylic acids is 1. The van der Waals surface area contributed by atoms with Crippen molar-refractivity contribution in [3.05, 3.63) is 44.0 Å². The molecule has 0 aliphatic rings. The van der Waals surface area contributed by atoms with Gasteiger partial charge >= 0.3 is 5.97 Å². The monoisotopic (exact) mass is 290 g/mol. The van der Waals surface area contributed by atoms with E-state index in [2.05, 4.69) is 0 Å². The van der Waals surface area contributed by atoms with Gasteiger partial charge in [-0.15, -0.1) is 11.3 Å². The van der Waals surface area contributed by atoms with Crippen molar-refractivity contribution in [2.45, 2.75) is 0 Å². The van der Waals surface area contributed by atoms with Crippen LogP contribution in [0, 0.1) is 0 Å². The summed E-state index contributed by atoms with van der Waals surface area (Å²) in [6, 6.07) is 3.91. The number of aromatic carboxylic acids is 1. The third kappa shape index (κ3) is 2.36. The number of hydrogen-bond donors (Lipinski definition) is 1. The van der Waals surface area contributed by atoms with E-state index in [0.29, 0.717) is 4.34 Å². The van der Waals surface area contributed by atoms with Crippen molar-refractivity contribution in [1.82, 2.24) is 0 Å². The summed E-state index contributed by atoms with van der Waals surface area (Å²) in [5.41, 5.74) is 0.202. The molecule has 88 valence electrons. The highest BCUT2D eigenvalue weighted by molar-refractivity contribution is 7.20. The zero-order valence-corrected chi connectivity index (χ0v) is 10.4. The highest BCUT2D eigenvalue weighted by Gasteiger charge is 2.20. The van der Waals surface area contributed by atoms with Gasteiger partial charge in [0.1, 0.15) is 4.34 Å². The molecular weight excluding hydrogens is 287 g/mol. The number of carbonyl (C=O) groups is 2. The Labute approximate surface area is 109 Å². The van der Waals surface area contributed by atoms with Gasteiger partial charge in [0, 0.05) is 0 Å². The maximum atomic E-state index is 11.9. The number of rotatable bonds is 3. The van der Waals surface area contributed by atoms with Gasteiger partial charge in [-0.2, -0.15) is 0 Å². The fraction of sp³-hybridized carbons (Fsp3) is 0. The van der Waals surface area contributed by atoms with Crippen LogP contribution in [0.15, 0.2) is 22.6 Å². The largest absolute Gasteiger partial charge is 0.475 e. The van der Waals surface area contributed by atoms with Crippen molar-refractivity contribution in [3.63, 3.8) is 0 Å². The van der Waals surface area contributed by atoms with Gasteiger partial charge in [-0.3, -0.25) is 4.79 Å². The van der Waals surface area contributed by atoms with E-state index in [9.17, 15) is 9.59 Å². The fourth-order valence-electron chi connectivity index (χ4n) is 1.20. The first-order valence-corrected chi connectivity index (χ1v) is 5.89. The standard InChI is InChI=1S/C10H4Cl2O4S/c11-7-3-4(9(12)17-7)8(13)5-1-2-6(16-5)10(14)15/h1-3H,(H,14,15). The van der Waals surface area contributed by atoms with Crippen molar-refractivity contribution in [2.24, 2.45) is 0 Å². The summed E-state index contributed by atoms with van der Waals surface area (Å²) in [5, 5.41) is 8.66. The van der Waals surface area contributed by atoms with Gasteiger partial charge in [0.25, 0.3) is 0 Å². The second-order valence-electron chi connectivity index (χ2n) is 3.04. The molecule has 7 heteroatoms. The van der Waals surface area contributed by atoms with Crippen molar-refractivity contribution >= 4 is 46.3 Å². The number of thiophene rings is 1. The molecule has 0 spiro atoms. The minimum Gasteiger partial charge on any atom is -0.475 e. The molecule has 2 aromatic rings. The van der Waals surface area contributed by atoms with Crippen LogP contribution in [0.3, 0.4) is 0 Å². The SMILES string of the molecule is O=C(O)c1ccc(C(=O)c2cc(Cl)sc2Cl)o1. The summed E-state index contributed by atoms with van der Waals surface area (Å²) in [6.07, 6.45) is 0. The summed E-state index contributed by atoms with van der Waals surface area (Å²) >= 11 is 12.6. The number of halogens is 2. The van der Waals surface area contributed by atoms with E-state index in [0.717, 1.165) is 11.3 Å². The van der Waals surface area contributed by atoms with Crippen LogP contribution in [0.5, 0.6) is 0 Å². The van der Waals surface area contributed by atoms with Crippen LogP contribution in [0.4, 0.5) is 0 Å². The molecule has 0 atom stereocenters. The van der Waals surface area contributed by atoms with E-state index in [-0.39, 0.29) is 21.4 Å². The molecule has 0 radical (unpaired) electrons. The van der Waals surface area contributed by atoms with Crippen LogP contribution in [0.1, 0.15) is 26.7 Å². The van der Waals surface area contributed by atoms with Crippen molar-refractivity contribution in [2.75, 3.05) is 0 Å². The first-order valence-electron chi connectivity index (χ1n) is 4.31. The van der Waals surface area contributed by atoms with E-state index in [4.69, 9.17) is 32.7 Å². The van der Waals surface area contributed by atoms with Crippen LogP contribution in [-0.2, 0) is 0 Å². The topological polar surface area (TPSA) is 67.5 Å². The lowest BCUT2D eigenvalue weighted by molar-refractivity contribution is 0.0660. The number of carboxylic acid groups (broad SMARTS) is 1. The van der Waals surface area contributed by atoms with E-state index in [1.165, 1.54) is 18.2 Å². The zero-order valence-electron chi connectivity index (χ0n) is 8.07. The summed E-state index contributed by atoms with van der Waals surface area (Å²) in [4.78, 5) is 22.5. The molecule has 1 N–H and O–H groups in total. The molecule has 0 fully saturated rings. The lowest BCUT2D eigenvalue weighted by Gasteiger charge is -1.93. The normalized spacial score (nSPS) is 10.5. The minimum atomic E-state index is -1.24. The van der Waals surface area contributed by atoms with E-state index >= 15 is 0 Å². The molecule has 0 bridgehead atoms. The number of hydrogen-bond acceptors (Lipinski definition) is 4. The Hall–Kier alpha value is -1.30. The molecule has 0 aliphatic carbocycles. The Bertz CT molecular complexity index is 599. The van der Waals surface area contributed by atoms with Crippen LogP contribution in [0.25, 0.3) is 0 Å². The molecule has 17 heavy (non-hydrogen) atoms. The highest BCUT2D eigenvalue weighted by Crippen LogP contribution is 2.32. The van der Waals surface area contributed by atoms with Crippen LogP contribution >= 0.6 is 34.5 Å². The van der Waals surface area contributed by atoms with E-state index in [1.807, 2.05) is 0 Å². The van der Waals surface area contributed by atoms with E-state index in [1.54, 1.807) is 0 Å². The van der Waals surface area contributed by atoms with Gasteiger partial charge < -0.3 is 9.52 Å². The van der Waals surface area contributed by atoms with Gasteiger partial charge in [-0.05, 0) is 18.2 Å². The molecule has 0 aliphatic heterocycles. The molecule has 2 rings (SSSR count). The Kier molecular flexibility index (Phi) is 3.24. The molecule has 0 aromatic carbocycles. The number of ketones is 1. The smallest absolute Gasteiger partial charge is 0.371 e. The number of furan rings is 1. The highest BCUT2D eigenvalue weighted by atomic mass is 35.5. The maximum Gasteiger partial charge on any atom is 0.371 e. The third-order valence-corrected chi connectivity index (χ3v) is 3.43. The van der Waals surface area contributed by atoms with Gasteiger partial charge in [-0.25, -0.2) is 4.79 Å². The minimum absolute atomic E-state index is 0.0845. The predicted molar refractivity (Wildman–Crippen MR) is 63.4 cm³/mol. The Morgan fingerprint density at radius 3 is 2.35 bits per heavy atom. The molecule has 0 saturated heterocycles. The van der Waals surface area contributed by atoms with Gasteiger partial charge in [0.05, 0.1) is 9.90 Å². The molecule has 0 saturated carbocycles. The second kappa shape index (κ2) is 4.52. The van der Waals surface area contributed by atoms with Crippen molar-refractivity contribution < 1.29 is 19.1 Å². The average molecular weight is 291 g/mol. The molecule has 0 unspecified atom stereocenters. The Morgan fingerprint density at radius 2 is 1.88 bits per heavy atom. The molecular formula is C10H4Cl2O4S. The van der Waals surface area contributed by atoms with E-state index < -0.39 is 11.8 Å². The first kappa shape index (κ1) is 12.2. The lowest BCUT2D eigenvalue weighted by atomic mass is 10.2. The van der Waals surface area contributed by atoms with Crippen LogP contribution in [-0.4, -0.2) is 16.9 Å². The van der Waals surface area contributed by atoms with Crippen molar-refractivity contribution in [3.8, 4) is 0 Å². The third-order valence-electron chi connectivity index (χ3n) is 1.94. The van der Waals surface area contributed by atoms with Crippen LogP contribution < -0.4 is 0 Å². The van der Waals surface area contributed by atoms with Crippen molar-refractivity contribution in [1.29, 1.82) is 0 Å². The first-order chi connectivity index (χ1) is 7.99. The summed E-state index contributed by atoms with van der Waals surface area (Å²) in [6.45, 7) is 0. The Morgan fingerprint density at radius 1 is 1.24 bits per heavy atom. The zero-order chi connectivity index (χ0) is 12.6. The molecule has 4 nitrogen and oxygen atoms in total. The molecule has 2 heterocycles. The van der Waals surface area contributed by atoms with Gasteiger partial charge in [0.15, 0.2) is 5.76 Å². The number of carboxylic acids is 1. The van der Waals surface area contributed by atoms with Crippen LogP contribution in [0.2, 0.25) is 8.67 Å². The lowest BCUT2D eigenvalue weighted by Crippen LogP contribution is -1.99. The maximum absolute atomic E-state index is 11.9. The predicted octanol–water partition coefficient (Wildman–Crippen LogP) is 3.58. The summed E-state index contributed by atoms with van der Waals surface area (Å²) < 4.78 is 5.50. The summed E-state index contributed by atoms with van der Waals surface area (Å²) in [5.74, 6) is -2.12. The fourth-order valence-corrected chi connectivity index (χ4v) is 2.66. The average Bonchev–Trinajstić information content (AvgIpc) is 2.84. The summed E-state index contributed by atoms with van der Waals surface area (Å²) in [7, 11) is 0. The molecule has 0 amide bonds. The quantitative estimate of drug-likeness (QED) is 0.878.